The first-order valence-corrected chi connectivity index (χ1v) is 9.33. The van der Waals surface area contributed by atoms with Gasteiger partial charge in [-0.15, -0.1) is 0 Å². The van der Waals surface area contributed by atoms with Gasteiger partial charge in [0.25, 0.3) is 5.91 Å². The number of benzene rings is 3. The van der Waals surface area contributed by atoms with Crippen molar-refractivity contribution in [2.75, 3.05) is 5.32 Å². The fourth-order valence-electron chi connectivity index (χ4n) is 3.60. The third-order valence-corrected chi connectivity index (χ3v) is 4.99. The van der Waals surface area contributed by atoms with E-state index in [1.54, 1.807) is 36.7 Å². The second-order valence-electron chi connectivity index (χ2n) is 6.92. The third kappa shape index (κ3) is 3.30. The molecular formula is C24H13F3N2O2. The number of aromatic nitrogens is 1. The zero-order valence-electron chi connectivity index (χ0n) is 15.8. The van der Waals surface area contributed by atoms with Crippen molar-refractivity contribution in [3.05, 3.63) is 96.1 Å². The maximum atomic E-state index is 14.7. The molecule has 0 atom stereocenters. The summed E-state index contributed by atoms with van der Waals surface area (Å²) in [5.41, 5.74) is 2.77. The molecule has 0 aliphatic rings. The van der Waals surface area contributed by atoms with Crippen molar-refractivity contribution in [2.24, 2.45) is 0 Å². The zero-order chi connectivity index (χ0) is 21.5. The minimum Gasteiger partial charge on any atom is -0.456 e. The second kappa shape index (κ2) is 7.28. The van der Waals surface area contributed by atoms with Crippen molar-refractivity contribution in [1.82, 2.24) is 4.98 Å². The summed E-state index contributed by atoms with van der Waals surface area (Å²) in [6, 6.07) is 13.8. The van der Waals surface area contributed by atoms with Crippen LogP contribution in [-0.4, -0.2) is 10.9 Å². The topological polar surface area (TPSA) is 55.1 Å². The number of halogens is 3. The Morgan fingerprint density at radius 1 is 0.806 bits per heavy atom. The quantitative estimate of drug-likeness (QED) is 0.374. The van der Waals surface area contributed by atoms with E-state index in [1.807, 2.05) is 0 Å². The van der Waals surface area contributed by atoms with E-state index in [2.05, 4.69) is 10.3 Å². The summed E-state index contributed by atoms with van der Waals surface area (Å²) in [6.07, 6.45) is 3.23. The number of hydrogen-bond acceptors (Lipinski definition) is 3. The lowest BCUT2D eigenvalue weighted by molar-refractivity contribution is 0.102. The highest BCUT2D eigenvalue weighted by molar-refractivity contribution is 6.16. The normalized spacial score (nSPS) is 11.2. The molecule has 5 aromatic rings. The van der Waals surface area contributed by atoms with Crippen LogP contribution in [0.1, 0.15) is 10.4 Å². The van der Waals surface area contributed by atoms with Gasteiger partial charge in [-0.25, -0.2) is 13.2 Å². The smallest absolute Gasteiger partial charge is 0.260 e. The highest BCUT2D eigenvalue weighted by Gasteiger charge is 2.24. The molecule has 152 valence electrons. The number of pyridine rings is 1. The minimum absolute atomic E-state index is 0.0386. The van der Waals surface area contributed by atoms with Crippen LogP contribution in [0.25, 0.3) is 33.4 Å². The van der Waals surface area contributed by atoms with Crippen molar-refractivity contribution >= 4 is 22.8 Å². The minimum atomic E-state index is -0.873. The molecule has 1 N–H and O–H groups in total. The zero-order valence-corrected chi connectivity index (χ0v) is 15.8. The average molecular weight is 418 g/mol. The Balaban J connectivity index is 1.47. The van der Waals surface area contributed by atoms with Gasteiger partial charge >= 0.3 is 0 Å². The van der Waals surface area contributed by atoms with Gasteiger partial charge in [0.05, 0.1) is 5.56 Å². The maximum Gasteiger partial charge on any atom is 0.260 e. The van der Waals surface area contributed by atoms with Gasteiger partial charge in [0, 0.05) is 40.8 Å². The van der Waals surface area contributed by atoms with Crippen molar-refractivity contribution in [1.29, 1.82) is 0 Å². The summed E-state index contributed by atoms with van der Waals surface area (Å²) in [5, 5.41) is 2.66. The summed E-state index contributed by atoms with van der Waals surface area (Å²) in [7, 11) is 0. The highest BCUT2D eigenvalue weighted by Crippen LogP contribution is 2.37. The molecule has 7 heteroatoms. The van der Waals surface area contributed by atoms with Crippen LogP contribution in [0, 0.1) is 17.5 Å². The van der Waals surface area contributed by atoms with E-state index in [-0.39, 0.29) is 16.8 Å². The number of fused-ring (bicyclic) bond motifs is 2. The number of nitrogens with one attached hydrogen (secondary N) is 1. The van der Waals surface area contributed by atoms with Crippen molar-refractivity contribution < 1.29 is 22.4 Å². The van der Waals surface area contributed by atoms with E-state index in [4.69, 9.17) is 4.42 Å². The van der Waals surface area contributed by atoms with Gasteiger partial charge in [-0.2, -0.15) is 0 Å². The Hall–Kier alpha value is -4.13. The molecule has 5 rings (SSSR count). The van der Waals surface area contributed by atoms with Gasteiger partial charge in [0.2, 0.25) is 0 Å². The lowest BCUT2D eigenvalue weighted by Gasteiger charge is -2.10. The second-order valence-corrected chi connectivity index (χ2v) is 6.92. The Kier molecular flexibility index (Phi) is 4.43. The van der Waals surface area contributed by atoms with Crippen LogP contribution < -0.4 is 5.32 Å². The average Bonchev–Trinajstić information content (AvgIpc) is 3.37. The third-order valence-electron chi connectivity index (χ3n) is 4.99. The van der Waals surface area contributed by atoms with Gasteiger partial charge in [0.15, 0.2) is 0 Å². The van der Waals surface area contributed by atoms with E-state index in [0.29, 0.717) is 28.4 Å². The Morgan fingerprint density at radius 2 is 1.48 bits per heavy atom. The fourth-order valence-corrected chi connectivity index (χ4v) is 3.60. The first kappa shape index (κ1) is 18.9. The first-order chi connectivity index (χ1) is 15.0. The number of rotatable bonds is 4. The molecule has 1 amide bonds. The number of anilines is 1. The van der Waals surface area contributed by atoms with Crippen LogP contribution in [0.5, 0.6) is 0 Å². The molecule has 31 heavy (non-hydrogen) atoms. The molecule has 0 saturated heterocycles. The SMILES string of the molecule is O=C(Nc1ccc(-c2ccc(F)cc2F)c(F)c1)c1c(-c2ccncc2)c2ccc1o2. The number of carbonyl (C=O) groups is 1. The summed E-state index contributed by atoms with van der Waals surface area (Å²) in [6.45, 7) is 0. The Labute approximate surface area is 174 Å². The molecule has 0 radical (unpaired) electrons. The van der Waals surface area contributed by atoms with Gasteiger partial charge in [-0.3, -0.25) is 9.78 Å². The van der Waals surface area contributed by atoms with E-state index >= 15 is 0 Å². The molecule has 2 aromatic carbocycles. The molecule has 0 aliphatic heterocycles. The molecular weight excluding hydrogens is 405 g/mol. The van der Waals surface area contributed by atoms with Crippen molar-refractivity contribution in [2.45, 2.75) is 0 Å². The summed E-state index contributed by atoms with van der Waals surface area (Å²) < 4.78 is 47.5. The maximum absolute atomic E-state index is 14.7. The summed E-state index contributed by atoms with van der Waals surface area (Å²) in [4.78, 5) is 17.0. The lowest BCUT2D eigenvalue weighted by Crippen LogP contribution is -2.13. The highest BCUT2D eigenvalue weighted by atomic mass is 19.1. The van der Waals surface area contributed by atoms with E-state index in [1.165, 1.54) is 18.2 Å². The molecule has 0 unspecified atom stereocenters. The monoisotopic (exact) mass is 418 g/mol. The number of carbonyl (C=O) groups excluding carboxylic acids is 1. The van der Waals surface area contributed by atoms with E-state index in [9.17, 15) is 18.0 Å². The molecule has 3 heterocycles. The Morgan fingerprint density at radius 3 is 2.19 bits per heavy atom. The number of amides is 1. The van der Waals surface area contributed by atoms with E-state index in [0.717, 1.165) is 17.7 Å². The van der Waals surface area contributed by atoms with Gasteiger partial charge in [0.1, 0.15) is 28.6 Å². The van der Waals surface area contributed by atoms with E-state index < -0.39 is 23.4 Å². The van der Waals surface area contributed by atoms with Crippen LogP contribution in [0.2, 0.25) is 0 Å². The molecule has 0 aliphatic carbocycles. The van der Waals surface area contributed by atoms with Crippen molar-refractivity contribution in [3.63, 3.8) is 0 Å². The molecule has 0 saturated carbocycles. The first-order valence-electron chi connectivity index (χ1n) is 9.33. The number of nitrogens with zero attached hydrogens (tertiary/aromatic N) is 1. The van der Waals surface area contributed by atoms with Gasteiger partial charge < -0.3 is 9.73 Å². The van der Waals surface area contributed by atoms with Crippen LogP contribution >= 0.6 is 0 Å². The molecule has 0 fully saturated rings. The molecule has 4 nitrogen and oxygen atoms in total. The lowest BCUT2D eigenvalue weighted by atomic mass is 10.00. The van der Waals surface area contributed by atoms with Crippen LogP contribution in [0.4, 0.5) is 18.9 Å². The van der Waals surface area contributed by atoms with Gasteiger partial charge in [-0.1, -0.05) is 0 Å². The number of furan rings is 2. The number of hydrogen-bond donors (Lipinski definition) is 1. The molecule has 2 bridgehead atoms. The largest absolute Gasteiger partial charge is 0.456 e. The predicted molar refractivity (Wildman–Crippen MR) is 110 cm³/mol. The molecule has 3 aromatic heterocycles. The fraction of sp³-hybridized carbons (Fsp3) is 0. The van der Waals surface area contributed by atoms with Crippen LogP contribution in [-0.2, 0) is 0 Å². The summed E-state index contributed by atoms with van der Waals surface area (Å²) >= 11 is 0. The summed E-state index contributed by atoms with van der Waals surface area (Å²) in [5.74, 6) is -2.84. The Bertz CT molecular complexity index is 1410. The van der Waals surface area contributed by atoms with Crippen LogP contribution in [0.3, 0.4) is 0 Å². The van der Waals surface area contributed by atoms with Crippen molar-refractivity contribution in [3.8, 4) is 22.3 Å². The predicted octanol–water partition coefficient (Wildman–Crippen LogP) is 6.27. The van der Waals surface area contributed by atoms with Gasteiger partial charge in [-0.05, 0) is 60.2 Å². The standard InChI is InChI=1S/C24H13F3N2O2/c25-14-1-3-16(18(26)11-14)17-4-2-15(12-19(17)27)29-24(30)23-21-6-5-20(31-21)22(23)13-7-9-28-10-8-13/h1-12H,(H,29,30). The molecule has 0 spiro atoms. The van der Waals surface area contributed by atoms with Crippen LogP contribution in [0.15, 0.2) is 77.5 Å².